The molecule has 1 N–H and O–H groups in total. The first-order valence-corrected chi connectivity index (χ1v) is 5.78. The fourth-order valence-corrected chi connectivity index (χ4v) is 1.91. The summed E-state index contributed by atoms with van der Waals surface area (Å²) in [6.45, 7) is 2.72. The van der Waals surface area contributed by atoms with E-state index < -0.39 is 0 Å². The average Bonchev–Trinajstić information content (AvgIpc) is 2.92. The Morgan fingerprint density at radius 3 is 3.00 bits per heavy atom. The number of esters is 1. The second-order valence-electron chi connectivity index (χ2n) is 4.22. The van der Waals surface area contributed by atoms with Gasteiger partial charge in [0.25, 0.3) is 0 Å². The second-order valence-corrected chi connectivity index (χ2v) is 4.22. The lowest BCUT2D eigenvalue weighted by Gasteiger charge is -2.12. The molecule has 0 saturated carbocycles. The smallest absolute Gasteiger partial charge is 0.318 e. The largest absolute Gasteiger partial charge is 0.469 e. The lowest BCUT2D eigenvalue weighted by molar-refractivity contribution is -0.140. The van der Waals surface area contributed by atoms with Crippen molar-refractivity contribution >= 4 is 12.0 Å². The minimum atomic E-state index is -0.319. The number of methoxy groups -OCH3 is 1. The summed E-state index contributed by atoms with van der Waals surface area (Å²) in [5.74, 6) is 1.23. The molecule has 1 fully saturated rings. The zero-order valence-electron chi connectivity index (χ0n) is 10.4. The number of amides is 2. The maximum Gasteiger partial charge on any atom is 0.318 e. The van der Waals surface area contributed by atoms with E-state index in [9.17, 15) is 9.59 Å². The van der Waals surface area contributed by atoms with Crippen molar-refractivity contribution in [1.29, 1.82) is 0 Å². The van der Waals surface area contributed by atoms with Crippen molar-refractivity contribution in [3.63, 3.8) is 0 Å². The van der Waals surface area contributed by atoms with Crippen molar-refractivity contribution < 1.29 is 18.7 Å². The van der Waals surface area contributed by atoms with Crippen LogP contribution in [0, 0.1) is 6.92 Å². The molecule has 1 aromatic rings. The molecular weight excluding hydrogens is 236 g/mol. The zero-order valence-corrected chi connectivity index (χ0v) is 10.4. The van der Waals surface area contributed by atoms with E-state index in [0.717, 1.165) is 11.5 Å². The summed E-state index contributed by atoms with van der Waals surface area (Å²) in [5.41, 5.74) is 0. The van der Waals surface area contributed by atoms with Gasteiger partial charge in [-0.05, 0) is 19.1 Å². The molecule has 1 aliphatic heterocycles. The first-order valence-electron chi connectivity index (χ1n) is 5.78. The molecule has 0 aliphatic carbocycles. The molecule has 6 nitrogen and oxygen atoms in total. The quantitative estimate of drug-likeness (QED) is 0.818. The number of carbonyl (C=O) groups excluding carboxylic acids is 2. The van der Waals surface area contributed by atoms with E-state index >= 15 is 0 Å². The fourth-order valence-electron chi connectivity index (χ4n) is 1.91. The highest BCUT2D eigenvalue weighted by Crippen LogP contribution is 2.22. The maximum absolute atomic E-state index is 11.7. The third-order valence-electron chi connectivity index (χ3n) is 2.91. The van der Waals surface area contributed by atoms with E-state index in [-0.39, 0.29) is 24.5 Å². The van der Waals surface area contributed by atoms with E-state index in [1.54, 1.807) is 4.90 Å². The number of furan rings is 1. The third kappa shape index (κ3) is 2.64. The number of aryl methyl sites for hydroxylation is 1. The molecule has 1 atom stereocenters. The normalized spacial score (nSPS) is 18.9. The maximum atomic E-state index is 11.7. The van der Waals surface area contributed by atoms with Crippen LogP contribution in [0.4, 0.5) is 4.79 Å². The molecule has 1 aromatic heterocycles. The monoisotopic (exact) mass is 252 g/mol. The molecule has 1 aliphatic rings. The van der Waals surface area contributed by atoms with Crippen molar-refractivity contribution in [1.82, 2.24) is 10.2 Å². The van der Waals surface area contributed by atoms with Crippen LogP contribution in [0.25, 0.3) is 0 Å². The predicted molar refractivity (Wildman–Crippen MR) is 62.9 cm³/mol. The molecule has 2 rings (SSSR count). The summed E-state index contributed by atoms with van der Waals surface area (Å²) in [5, 5.41) is 2.82. The van der Waals surface area contributed by atoms with Crippen LogP contribution in [0.15, 0.2) is 16.5 Å². The van der Waals surface area contributed by atoms with E-state index in [1.807, 2.05) is 19.1 Å². The van der Waals surface area contributed by atoms with Crippen molar-refractivity contribution in [2.75, 3.05) is 20.2 Å². The summed E-state index contributed by atoms with van der Waals surface area (Å²) in [7, 11) is 1.33. The number of urea groups is 1. The molecule has 2 amide bonds. The Labute approximate surface area is 105 Å². The highest BCUT2D eigenvalue weighted by Gasteiger charge is 2.31. The molecule has 0 bridgehead atoms. The average molecular weight is 252 g/mol. The molecule has 0 spiro atoms. The second kappa shape index (κ2) is 5.12. The van der Waals surface area contributed by atoms with Crippen LogP contribution in [0.5, 0.6) is 0 Å². The van der Waals surface area contributed by atoms with E-state index in [4.69, 9.17) is 4.42 Å². The van der Waals surface area contributed by atoms with Crippen molar-refractivity contribution in [2.45, 2.75) is 19.4 Å². The topological polar surface area (TPSA) is 71.8 Å². The van der Waals surface area contributed by atoms with Gasteiger partial charge in [-0.3, -0.25) is 4.79 Å². The highest BCUT2D eigenvalue weighted by atomic mass is 16.5. The molecule has 6 heteroatoms. The van der Waals surface area contributed by atoms with Crippen molar-refractivity contribution in [3.8, 4) is 0 Å². The van der Waals surface area contributed by atoms with E-state index in [1.165, 1.54) is 7.11 Å². The lowest BCUT2D eigenvalue weighted by Crippen LogP contribution is -2.30. The molecule has 0 aromatic carbocycles. The zero-order chi connectivity index (χ0) is 13.1. The molecule has 1 unspecified atom stereocenters. The number of nitrogens with zero attached hydrogens (tertiary/aromatic N) is 1. The van der Waals surface area contributed by atoms with Crippen LogP contribution in [0.3, 0.4) is 0 Å². The fraction of sp³-hybridized carbons (Fsp3) is 0.500. The minimum absolute atomic E-state index is 0.149. The number of ether oxygens (including phenoxy) is 1. The summed E-state index contributed by atoms with van der Waals surface area (Å²) < 4.78 is 10.0. The first-order chi connectivity index (χ1) is 8.60. The van der Waals surface area contributed by atoms with E-state index in [0.29, 0.717) is 13.1 Å². The van der Waals surface area contributed by atoms with Crippen molar-refractivity contribution in [2.24, 2.45) is 0 Å². The minimum Gasteiger partial charge on any atom is -0.469 e. The Bertz CT molecular complexity index is 455. The van der Waals surface area contributed by atoms with Gasteiger partial charge in [-0.2, -0.15) is 0 Å². The van der Waals surface area contributed by atoms with Crippen LogP contribution >= 0.6 is 0 Å². The van der Waals surface area contributed by atoms with Crippen LogP contribution in [0.1, 0.15) is 24.0 Å². The number of rotatable bonds is 4. The van der Waals surface area contributed by atoms with Gasteiger partial charge in [0.15, 0.2) is 0 Å². The molecular formula is C12H16N2O4. The van der Waals surface area contributed by atoms with Gasteiger partial charge < -0.3 is 19.4 Å². The Morgan fingerprint density at radius 2 is 2.39 bits per heavy atom. The van der Waals surface area contributed by atoms with Gasteiger partial charge in [0.05, 0.1) is 13.5 Å². The summed E-state index contributed by atoms with van der Waals surface area (Å²) in [6, 6.07) is 3.38. The summed E-state index contributed by atoms with van der Waals surface area (Å²) in [6.07, 6.45) is 0.202. The Kier molecular flexibility index (Phi) is 3.55. The first kappa shape index (κ1) is 12.5. The van der Waals surface area contributed by atoms with Crippen LogP contribution in [-0.2, 0) is 9.53 Å². The Morgan fingerprint density at radius 1 is 1.61 bits per heavy atom. The number of hydrogen-bond acceptors (Lipinski definition) is 4. The summed E-state index contributed by atoms with van der Waals surface area (Å²) >= 11 is 0. The number of nitrogens with one attached hydrogen (secondary N) is 1. The Balaban J connectivity index is 1.92. The third-order valence-corrected chi connectivity index (χ3v) is 2.91. The van der Waals surface area contributed by atoms with Gasteiger partial charge in [0.2, 0.25) is 0 Å². The predicted octanol–water partition coefficient (Wildman–Crippen LogP) is 1.22. The van der Waals surface area contributed by atoms with Crippen LogP contribution < -0.4 is 5.32 Å². The lowest BCUT2D eigenvalue weighted by atomic mass is 10.2. The standard InChI is InChI=1S/C12H16N2O4/c1-8-3-4-10(18-8)9-7-14(12(16)13-9)6-5-11(15)17-2/h3-4,9H,5-7H2,1-2H3,(H,13,16). The molecule has 2 heterocycles. The summed E-state index contributed by atoms with van der Waals surface area (Å²) in [4.78, 5) is 24.3. The van der Waals surface area contributed by atoms with Gasteiger partial charge in [0.1, 0.15) is 17.6 Å². The molecule has 18 heavy (non-hydrogen) atoms. The Hall–Kier alpha value is -1.98. The molecule has 98 valence electrons. The van der Waals surface area contributed by atoms with Crippen molar-refractivity contribution in [3.05, 3.63) is 23.7 Å². The van der Waals surface area contributed by atoms with Gasteiger partial charge in [-0.15, -0.1) is 0 Å². The molecule has 0 radical (unpaired) electrons. The van der Waals surface area contributed by atoms with Gasteiger partial charge >= 0.3 is 12.0 Å². The van der Waals surface area contributed by atoms with E-state index in [2.05, 4.69) is 10.1 Å². The number of hydrogen-bond donors (Lipinski definition) is 1. The molecule has 1 saturated heterocycles. The SMILES string of the molecule is COC(=O)CCN1CC(c2ccc(C)o2)NC1=O. The van der Waals surface area contributed by atoms with Gasteiger partial charge in [0, 0.05) is 13.1 Å². The van der Waals surface area contributed by atoms with Crippen LogP contribution in [0.2, 0.25) is 0 Å². The van der Waals surface area contributed by atoms with Gasteiger partial charge in [-0.1, -0.05) is 0 Å². The van der Waals surface area contributed by atoms with Crippen LogP contribution in [-0.4, -0.2) is 37.1 Å². The highest BCUT2D eigenvalue weighted by molar-refractivity contribution is 5.78. The number of carbonyl (C=O) groups is 2. The van der Waals surface area contributed by atoms with Gasteiger partial charge in [-0.25, -0.2) is 4.79 Å².